The lowest BCUT2D eigenvalue weighted by molar-refractivity contribution is -0.149. The molecule has 18 heavy (non-hydrogen) atoms. The molecule has 94 valence electrons. The second-order valence-corrected chi connectivity index (χ2v) is 4.48. The van der Waals surface area contributed by atoms with Gasteiger partial charge in [-0.25, -0.2) is 0 Å². The maximum atomic E-state index is 11.3. The lowest BCUT2D eigenvalue weighted by atomic mass is 10.0. The summed E-state index contributed by atoms with van der Waals surface area (Å²) in [6, 6.07) is 5.70. The van der Waals surface area contributed by atoms with E-state index < -0.39 is 5.79 Å². The third-order valence-corrected chi connectivity index (χ3v) is 3.19. The standard InChI is InChI=1S/C14H14O4/c1-14(17-6-7-18-14)11-3-5-13-10(8-11)2-4-12(15)9-16-13/h2-5,8H,6-7,9H2,1H3. The zero-order valence-electron chi connectivity index (χ0n) is 10.1. The van der Waals surface area contributed by atoms with Gasteiger partial charge in [-0.05, 0) is 37.3 Å². The number of fused-ring (bicyclic) bond motifs is 1. The van der Waals surface area contributed by atoms with Gasteiger partial charge in [-0.2, -0.15) is 0 Å². The van der Waals surface area contributed by atoms with Gasteiger partial charge < -0.3 is 14.2 Å². The second kappa shape index (κ2) is 4.23. The number of ether oxygens (including phenoxy) is 3. The first-order chi connectivity index (χ1) is 8.67. The molecule has 0 amide bonds. The van der Waals surface area contributed by atoms with E-state index >= 15 is 0 Å². The van der Waals surface area contributed by atoms with Gasteiger partial charge in [0.2, 0.25) is 0 Å². The van der Waals surface area contributed by atoms with Gasteiger partial charge in [0.05, 0.1) is 13.2 Å². The van der Waals surface area contributed by atoms with E-state index in [1.54, 1.807) is 6.08 Å². The van der Waals surface area contributed by atoms with Gasteiger partial charge in [0.15, 0.2) is 18.2 Å². The number of benzene rings is 1. The molecule has 0 bridgehead atoms. The van der Waals surface area contributed by atoms with E-state index in [2.05, 4.69) is 0 Å². The molecule has 4 heteroatoms. The summed E-state index contributed by atoms with van der Waals surface area (Å²) in [5.41, 5.74) is 1.81. The monoisotopic (exact) mass is 246 g/mol. The highest BCUT2D eigenvalue weighted by Gasteiger charge is 2.33. The van der Waals surface area contributed by atoms with Gasteiger partial charge in [-0.3, -0.25) is 4.79 Å². The first-order valence-electron chi connectivity index (χ1n) is 5.93. The van der Waals surface area contributed by atoms with Crippen LogP contribution in [0.4, 0.5) is 0 Å². The van der Waals surface area contributed by atoms with E-state index in [9.17, 15) is 4.79 Å². The Labute approximate surface area is 105 Å². The number of ketones is 1. The average Bonchev–Trinajstić information content (AvgIpc) is 2.73. The third kappa shape index (κ3) is 1.94. The van der Waals surface area contributed by atoms with E-state index in [0.717, 1.165) is 11.1 Å². The van der Waals surface area contributed by atoms with Crippen molar-refractivity contribution in [3.8, 4) is 5.75 Å². The van der Waals surface area contributed by atoms with Crippen LogP contribution in [0.25, 0.3) is 6.08 Å². The summed E-state index contributed by atoms with van der Waals surface area (Å²) in [7, 11) is 0. The highest BCUT2D eigenvalue weighted by atomic mass is 16.7. The van der Waals surface area contributed by atoms with Crippen molar-refractivity contribution in [1.29, 1.82) is 0 Å². The van der Waals surface area contributed by atoms with Crippen LogP contribution < -0.4 is 4.74 Å². The summed E-state index contributed by atoms with van der Waals surface area (Å²) in [6.45, 7) is 3.18. The first-order valence-corrected chi connectivity index (χ1v) is 5.93. The van der Waals surface area contributed by atoms with Crippen molar-refractivity contribution in [3.63, 3.8) is 0 Å². The summed E-state index contributed by atoms with van der Waals surface area (Å²) in [4.78, 5) is 11.3. The van der Waals surface area contributed by atoms with Crippen molar-refractivity contribution in [2.45, 2.75) is 12.7 Å². The number of hydrogen-bond acceptors (Lipinski definition) is 4. The van der Waals surface area contributed by atoms with E-state index in [0.29, 0.717) is 19.0 Å². The molecule has 1 aromatic carbocycles. The van der Waals surface area contributed by atoms with Crippen molar-refractivity contribution in [3.05, 3.63) is 35.4 Å². The molecule has 0 unspecified atom stereocenters. The lowest BCUT2D eigenvalue weighted by Crippen LogP contribution is -2.22. The van der Waals surface area contributed by atoms with Crippen molar-refractivity contribution in [2.75, 3.05) is 19.8 Å². The highest BCUT2D eigenvalue weighted by Crippen LogP contribution is 2.34. The van der Waals surface area contributed by atoms with Gasteiger partial charge in [0.1, 0.15) is 5.75 Å². The minimum Gasteiger partial charge on any atom is -0.485 e. The van der Waals surface area contributed by atoms with Crippen LogP contribution in [0.5, 0.6) is 5.75 Å². The molecule has 0 aliphatic carbocycles. The molecule has 2 aliphatic heterocycles. The molecule has 2 heterocycles. The Morgan fingerprint density at radius 3 is 2.72 bits per heavy atom. The molecule has 1 saturated heterocycles. The predicted molar refractivity (Wildman–Crippen MR) is 65.2 cm³/mol. The molecule has 0 radical (unpaired) electrons. The van der Waals surface area contributed by atoms with Gasteiger partial charge >= 0.3 is 0 Å². The molecule has 0 aromatic heterocycles. The maximum Gasteiger partial charge on any atom is 0.193 e. The average molecular weight is 246 g/mol. The van der Waals surface area contributed by atoms with Gasteiger partial charge in [-0.15, -0.1) is 0 Å². The van der Waals surface area contributed by atoms with Crippen LogP contribution in [0.2, 0.25) is 0 Å². The smallest absolute Gasteiger partial charge is 0.193 e. The van der Waals surface area contributed by atoms with Crippen LogP contribution in [-0.4, -0.2) is 25.6 Å². The zero-order chi connectivity index (χ0) is 12.6. The third-order valence-electron chi connectivity index (χ3n) is 3.19. The minimum atomic E-state index is -0.695. The molecule has 3 rings (SSSR count). The number of hydrogen-bond donors (Lipinski definition) is 0. The molecule has 2 aliphatic rings. The number of rotatable bonds is 1. The summed E-state index contributed by atoms with van der Waals surface area (Å²) in [5, 5.41) is 0. The molecule has 1 aromatic rings. The SMILES string of the molecule is CC1(c2ccc3c(c2)C=CC(=O)CO3)OCCO1. The van der Waals surface area contributed by atoms with Gasteiger partial charge in [0.25, 0.3) is 0 Å². The molecule has 0 atom stereocenters. The van der Waals surface area contributed by atoms with Crippen LogP contribution in [0.1, 0.15) is 18.1 Å². The van der Waals surface area contributed by atoms with E-state index in [1.807, 2.05) is 25.1 Å². The zero-order valence-corrected chi connectivity index (χ0v) is 10.1. The lowest BCUT2D eigenvalue weighted by Gasteiger charge is -2.23. The summed E-state index contributed by atoms with van der Waals surface area (Å²) in [5.74, 6) is -0.0195. The molecule has 1 fully saturated rings. The molecule has 0 saturated carbocycles. The second-order valence-electron chi connectivity index (χ2n) is 4.48. The maximum absolute atomic E-state index is 11.3. The molecular weight excluding hydrogens is 232 g/mol. The molecule has 0 spiro atoms. The normalized spacial score (nSPS) is 21.3. The fraction of sp³-hybridized carbons (Fsp3) is 0.357. The van der Waals surface area contributed by atoms with E-state index in [-0.39, 0.29) is 12.4 Å². The Morgan fingerprint density at radius 2 is 1.94 bits per heavy atom. The fourth-order valence-corrected chi connectivity index (χ4v) is 2.15. The quantitative estimate of drug-likeness (QED) is 0.759. The summed E-state index contributed by atoms with van der Waals surface area (Å²) in [6.07, 6.45) is 3.31. The minimum absolute atomic E-state index is 0.0349. The van der Waals surface area contributed by atoms with Crippen molar-refractivity contribution in [1.82, 2.24) is 0 Å². The first kappa shape index (κ1) is 11.4. The van der Waals surface area contributed by atoms with Crippen LogP contribution in [0, 0.1) is 0 Å². The van der Waals surface area contributed by atoms with Crippen LogP contribution >= 0.6 is 0 Å². The van der Waals surface area contributed by atoms with Crippen molar-refractivity contribution >= 4 is 11.9 Å². The summed E-state index contributed by atoms with van der Waals surface area (Å²) < 4.78 is 16.6. The van der Waals surface area contributed by atoms with E-state index in [1.165, 1.54) is 6.08 Å². The van der Waals surface area contributed by atoms with E-state index in [4.69, 9.17) is 14.2 Å². The van der Waals surface area contributed by atoms with Crippen LogP contribution in [0.3, 0.4) is 0 Å². The van der Waals surface area contributed by atoms with Crippen LogP contribution in [0.15, 0.2) is 24.3 Å². The Hall–Kier alpha value is -1.65. The number of carbonyl (C=O) groups excluding carboxylic acids is 1. The topological polar surface area (TPSA) is 44.8 Å². The molecule has 4 nitrogen and oxygen atoms in total. The largest absolute Gasteiger partial charge is 0.485 e. The van der Waals surface area contributed by atoms with Gasteiger partial charge in [0, 0.05) is 11.1 Å². The fourth-order valence-electron chi connectivity index (χ4n) is 2.15. The van der Waals surface area contributed by atoms with Crippen molar-refractivity contribution in [2.24, 2.45) is 0 Å². The van der Waals surface area contributed by atoms with Crippen molar-refractivity contribution < 1.29 is 19.0 Å². The predicted octanol–water partition coefficient (Wildman–Crippen LogP) is 1.88. The van der Waals surface area contributed by atoms with Gasteiger partial charge in [-0.1, -0.05) is 0 Å². The van der Waals surface area contributed by atoms with Crippen LogP contribution in [-0.2, 0) is 20.1 Å². The Bertz CT molecular complexity index is 513. The highest BCUT2D eigenvalue weighted by molar-refractivity contribution is 5.96. The number of carbonyl (C=O) groups is 1. The molecular formula is C14H14O4. The Morgan fingerprint density at radius 1 is 1.17 bits per heavy atom. The Kier molecular flexibility index (Phi) is 2.69. The Balaban J connectivity index is 2.00. The molecule has 0 N–H and O–H groups in total. The summed E-state index contributed by atoms with van der Waals surface area (Å²) >= 11 is 0.